The molecule has 1 aliphatic heterocycles. The second-order valence-electron chi connectivity index (χ2n) is 8.66. The summed E-state index contributed by atoms with van der Waals surface area (Å²) in [7, 11) is -4.24. The van der Waals surface area contributed by atoms with Crippen molar-refractivity contribution in [3.05, 3.63) is 59.1 Å². The Balaban J connectivity index is 1.76. The number of carbonyl (C=O) groups is 1. The molecule has 0 spiro atoms. The fourth-order valence-corrected chi connectivity index (χ4v) is 5.45. The summed E-state index contributed by atoms with van der Waals surface area (Å²) in [4.78, 5) is 24.0. The lowest BCUT2D eigenvalue weighted by atomic mass is 10.1. The molecule has 2 atom stereocenters. The van der Waals surface area contributed by atoms with Gasteiger partial charge in [0.2, 0.25) is 0 Å². The number of nitrogens with zero attached hydrogens (tertiary/aromatic N) is 3. The van der Waals surface area contributed by atoms with Crippen molar-refractivity contribution in [2.24, 2.45) is 0 Å². The van der Waals surface area contributed by atoms with Gasteiger partial charge in [-0.15, -0.1) is 0 Å². The van der Waals surface area contributed by atoms with Gasteiger partial charge in [-0.25, -0.2) is 14.7 Å². The summed E-state index contributed by atoms with van der Waals surface area (Å²) in [5, 5.41) is 0.147. The maximum Gasteiger partial charge on any atom is 0.281 e. The molecule has 36 heavy (non-hydrogen) atoms. The Morgan fingerprint density at radius 3 is 2.53 bits per heavy atom. The first-order valence-corrected chi connectivity index (χ1v) is 13.5. The maximum absolute atomic E-state index is 13.3. The number of aromatic nitrogens is 2. The van der Waals surface area contributed by atoms with E-state index in [4.69, 9.17) is 27.1 Å². The summed E-state index contributed by atoms with van der Waals surface area (Å²) in [6.07, 6.45) is 1.85. The maximum atomic E-state index is 13.3. The molecule has 11 heteroatoms. The number of anilines is 2. The lowest BCUT2D eigenvalue weighted by molar-refractivity contribution is 0.0981. The third kappa shape index (κ3) is 5.24. The first kappa shape index (κ1) is 25.7. The van der Waals surface area contributed by atoms with Crippen molar-refractivity contribution >= 4 is 39.2 Å². The van der Waals surface area contributed by atoms with Crippen molar-refractivity contribution < 1.29 is 17.9 Å². The monoisotopic (exact) mass is 529 g/mol. The van der Waals surface area contributed by atoms with Crippen LogP contribution >= 0.6 is 11.6 Å². The van der Waals surface area contributed by atoms with Gasteiger partial charge in [0.05, 0.1) is 22.9 Å². The van der Waals surface area contributed by atoms with E-state index in [0.29, 0.717) is 28.9 Å². The predicted molar refractivity (Wildman–Crippen MR) is 140 cm³/mol. The van der Waals surface area contributed by atoms with E-state index < -0.39 is 15.9 Å². The van der Waals surface area contributed by atoms with Crippen molar-refractivity contribution in [2.75, 3.05) is 17.2 Å². The third-order valence-electron chi connectivity index (χ3n) is 6.09. The molecule has 1 saturated heterocycles. The van der Waals surface area contributed by atoms with Gasteiger partial charge in [0.1, 0.15) is 17.4 Å². The fraction of sp³-hybridized carbons (Fsp3) is 0.320. The van der Waals surface area contributed by atoms with Crippen LogP contribution in [0.15, 0.2) is 53.6 Å². The van der Waals surface area contributed by atoms with Crippen molar-refractivity contribution in [3.63, 3.8) is 0 Å². The third-order valence-corrected chi connectivity index (χ3v) is 7.63. The van der Waals surface area contributed by atoms with Gasteiger partial charge >= 0.3 is 0 Å². The largest absolute Gasteiger partial charge is 0.492 e. The molecule has 9 nitrogen and oxygen atoms in total. The second kappa shape index (κ2) is 10.3. The number of nitrogen functional groups attached to an aromatic ring is 1. The standard InChI is InChI=1S/C25H28ClN5O4S/c1-4-35-21-14-17(10-12-19(21)26)20-13-11-18(24(28-20)31-15(2)8-9-16(31)3)25(32)30-36(33,34)23-7-5-6-22(27)29-23/h5-7,10-16H,4,8-9H2,1-3H3,(H2,27,29)(H,30,32)/t15-,16+. The van der Waals surface area contributed by atoms with E-state index in [9.17, 15) is 13.2 Å². The lowest BCUT2D eigenvalue weighted by Crippen LogP contribution is -2.37. The summed E-state index contributed by atoms with van der Waals surface area (Å²) >= 11 is 6.25. The van der Waals surface area contributed by atoms with E-state index in [0.717, 1.165) is 18.4 Å². The molecule has 0 saturated carbocycles. The number of nitrogens with one attached hydrogen (secondary N) is 1. The molecule has 1 aromatic carbocycles. The molecule has 3 heterocycles. The summed E-state index contributed by atoms with van der Waals surface area (Å²) in [6, 6.07) is 13.0. The minimum absolute atomic E-state index is 0.0335. The molecule has 4 rings (SSSR count). The Morgan fingerprint density at radius 2 is 1.86 bits per heavy atom. The van der Waals surface area contributed by atoms with Crippen molar-refractivity contribution in [1.29, 1.82) is 0 Å². The predicted octanol–water partition coefficient (Wildman–Crippen LogP) is 4.27. The minimum Gasteiger partial charge on any atom is -0.492 e. The van der Waals surface area contributed by atoms with Gasteiger partial charge in [-0.3, -0.25) is 4.79 Å². The molecule has 0 radical (unpaired) electrons. The van der Waals surface area contributed by atoms with Gasteiger partial charge < -0.3 is 15.4 Å². The second-order valence-corrected chi connectivity index (χ2v) is 10.7. The van der Waals surface area contributed by atoms with Crippen LogP contribution in [0, 0.1) is 0 Å². The van der Waals surface area contributed by atoms with E-state index in [2.05, 4.69) is 28.5 Å². The van der Waals surface area contributed by atoms with Gasteiger partial charge in [0.15, 0.2) is 5.03 Å². The minimum atomic E-state index is -4.24. The van der Waals surface area contributed by atoms with Gasteiger partial charge in [-0.1, -0.05) is 23.7 Å². The normalized spacial score (nSPS) is 17.7. The highest BCUT2D eigenvalue weighted by Gasteiger charge is 2.33. The summed E-state index contributed by atoms with van der Waals surface area (Å²) < 4.78 is 33.4. The zero-order chi connectivity index (χ0) is 26.0. The summed E-state index contributed by atoms with van der Waals surface area (Å²) in [6.45, 7) is 6.45. The van der Waals surface area contributed by atoms with E-state index in [1.54, 1.807) is 24.3 Å². The van der Waals surface area contributed by atoms with Crippen LogP contribution in [0.5, 0.6) is 5.75 Å². The summed E-state index contributed by atoms with van der Waals surface area (Å²) in [5.74, 6) is 0.174. The zero-order valence-electron chi connectivity index (χ0n) is 20.2. The van der Waals surface area contributed by atoms with E-state index in [1.165, 1.54) is 18.2 Å². The fourth-order valence-electron chi connectivity index (χ4n) is 4.33. The van der Waals surface area contributed by atoms with Gasteiger partial charge in [0.25, 0.3) is 15.9 Å². The molecule has 3 aromatic rings. The number of hydrogen-bond donors (Lipinski definition) is 2. The molecule has 1 aliphatic rings. The van der Waals surface area contributed by atoms with Crippen LogP contribution in [0.3, 0.4) is 0 Å². The molecule has 2 aromatic heterocycles. The first-order valence-electron chi connectivity index (χ1n) is 11.6. The molecular formula is C25H28ClN5O4S. The molecule has 0 unspecified atom stereocenters. The van der Waals surface area contributed by atoms with Crippen LogP contribution in [0.25, 0.3) is 11.3 Å². The number of hydrogen-bond acceptors (Lipinski definition) is 8. The molecule has 0 bridgehead atoms. The smallest absolute Gasteiger partial charge is 0.281 e. The molecule has 1 fully saturated rings. The van der Waals surface area contributed by atoms with Crippen LogP contribution < -0.4 is 20.1 Å². The Labute approximate surface area is 215 Å². The number of benzene rings is 1. The number of carbonyl (C=O) groups excluding carboxylic acids is 1. The van der Waals surface area contributed by atoms with Crippen LogP contribution in [-0.4, -0.2) is 43.0 Å². The molecular weight excluding hydrogens is 502 g/mol. The molecule has 1 amide bonds. The lowest BCUT2D eigenvalue weighted by Gasteiger charge is -2.29. The van der Waals surface area contributed by atoms with E-state index >= 15 is 0 Å². The van der Waals surface area contributed by atoms with Crippen LogP contribution in [0.2, 0.25) is 5.02 Å². The number of halogens is 1. The number of pyridine rings is 2. The number of rotatable bonds is 7. The number of nitrogens with two attached hydrogens (primary N) is 1. The Bertz CT molecular complexity index is 1390. The van der Waals surface area contributed by atoms with Crippen LogP contribution in [0.1, 0.15) is 44.0 Å². The Hall–Kier alpha value is -3.37. The van der Waals surface area contributed by atoms with Gasteiger partial charge in [-0.2, -0.15) is 8.42 Å². The Morgan fingerprint density at radius 1 is 1.14 bits per heavy atom. The highest BCUT2D eigenvalue weighted by molar-refractivity contribution is 7.90. The topological polar surface area (TPSA) is 128 Å². The first-order chi connectivity index (χ1) is 17.1. The number of ether oxygens (including phenoxy) is 1. The van der Waals surface area contributed by atoms with Crippen molar-refractivity contribution in [1.82, 2.24) is 14.7 Å². The number of amides is 1. The van der Waals surface area contributed by atoms with Crippen molar-refractivity contribution in [2.45, 2.75) is 50.7 Å². The molecule has 0 aliphatic carbocycles. The molecule has 190 valence electrons. The van der Waals surface area contributed by atoms with Gasteiger partial charge in [0, 0.05) is 17.6 Å². The highest BCUT2D eigenvalue weighted by atomic mass is 35.5. The average molecular weight is 530 g/mol. The Kier molecular flexibility index (Phi) is 7.37. The van der Waals surface area contributed by atoms with Crippen LogP contribution in [-0.2, 0) is 10.0 Å². The number of sulfonamides is 1. The van der Waals surface area contributed by atoms with Gasteiger partial charge in [-0.05, 0) is 70.0 Å². The molecule has 3 N–H and O–H groups in total. The zero-order valence-corrected chi connectivity index (χ0v) is 21.8. The van der Waals surface area contributed by atoms with E-state index in [-0.39, 0.29) is 28.5 Å². The highest BCUT2D eigenvalue weighted by Crippen LogP contribution is 2.35. The SMILES string of the molecule is CCOc1cc(-c2ccc(C(=O)NS(=O)(=O)c3cccc(N)n3)c(N3[C@H](C)CC[C@@H]3C)n2)ccc1Cl. The average Bonchev–Trinajstić information content (AvgIpc) is 3.17. The summed E-state index contributed by atoms with van der Waals surface area (Å²) in [5.41, 5.74) is 7.13. The quantitative estimate of drug-likeness (QED) is 0.464. The van der Waals surface area contributed by atoms with E-state index in [1.807, 2.05) is 13.0 Å². The van der Waals surface area contributed by atoms with Crippen LogP contribution in [0.4, 0.5) is 11.6 Å². The van der Waals surface area contributed by atoms with Crippen molar-refractivity contribution in [3.8, 4) is 17.0 Å².